The minimum Gasteiger partial charge on any atom is -0.309 e. The molecule has 0 bridgehead atoms. The molecular formula is C66H48N2S2. The molecule has 0 aliphatic rings. The minimum absolute atomic E-state index is 1.12. The van der Waals surface area contributed by atoms with Crippen LogP contribution in [0.25, 0.3) is 55.0 Å². The lowest BCUT2D eigenvalue weighted by Crippen LogP contribution is -2.05. The lowest BCUT2D eigenvalue weighted by atomic mass is 10.1. The van der Waals surface area contributed by atoms with Crippen molar-refractivity contribution in [3.8, 4) is 11.4 Å². The van der Waals surface area contributed by atoms with E-state index in [9.17, 15) is 0 Å². The summed E-state index contributed by atoms with van der Waals surface area (Å²) in [5.41, 5.74) is 6.97. The molecule has 70 heavy (non-hydrogen) atoms. The summed E-state index contributed by atoms with van der Waals surface area (Å²) in [5.74, 6) is 0. The van der Waals surface area contributed by atoms with E-state index in [4.69, 9.17) is 0 Å². The normalized spacial score (nSPS) is 12.5. The highest BCUT2D eigenvalue weighted by molar-refractivity contribution is 8.34. The molecule has 2 nitrogen and oxygen atoms in total. The van der Waals surface area contributed by atoms with Crippen molar-refractivity contribution in [2.45, 2.75) is 39.2 Å². The molecule has 2 heterocycles. The standard InChI is InChI=1S/C66H48N2S2/c1-8-25-49(26-9-1)67-62-46-43-50(47-60(62)66-63(67)41-24-42-65(66)70(54-33-16-5-17-34-54,55-35-18-6-19-36-55)56-37-20-7-21-38-56)68-61-40-23-22-39-58(61)59-45-44-57(48-64(59)68)69(51-27-10-2-11-28-51,52-29-12-3-13-30-52)53-31-14-4-15-32-53/h1-48H. The largest absolute Gasteiger partial charge is 0.309 e. The van der Waals surface area contributed by atoms with Gasteiger partial charge in [-0.2, -0.15) is 0 Å². The van der Waals surface area contributed by atoms with Crippen molar-refractivity contribution in [2.75, 3.05) is 0 Å². The maximum atomic E-state index is 2.53. The molecule has 0 saturated carbocycles. The Kier molecular flexibility index (Phi) is 10.4. The van der Waals surface area contributed by atoms with Gasteiger partial charge in [0.25, 0.3) is 0 Å². The molecule has 0 aliphatic heterocycles. The first-order valence-corrected chi connectivity index (χ1v) is 27.2. The fourth-order valence-electron chi connectivity index (χ4n) is 11.0. The van der Waals surface area contributed by atoms with Gasteiger partial charge in [0.15, 0.2) is 0 Å². The highest BCUT2D eigenvalue weighted by Gasteiger charge is 2.37. The highest BCUT2D eigenvalue weighted by Crippen LogP contribution is 2.75. The summed E-state index contributed by atoms with van der Waals surface area (Å²) in [6.07, 6.45) is 0. The Morgan fingerprint density at radius 1 is 0.214 bits per heavy atom. The number of fused-ring (bicyclic) bond motifs is 6. The van der Waals surface area contributed by atoms with Gasteiger partial charge in [0.2, 0.25) is 0 Å². The maximum Gasteiger partial charge on any atom is 0.0552 e. The van der Waals surface area contributed by atoms with Crippen LogP contribution in [0.1, 0.15) is 0 Å². The summed E-state index contributed by atoms with van der Waals surface area (Å²) in [5, 5.41) is 4.94. The van der Waals surface area contributed by atoms with E-state index in [1.165, 1.54) is 82.8 Å². The predicted molar refractivity (Wildman–Crippen MR) is 295 cm³/mol. The van der Waals surface area contributed by atoms with E-state index in [0.29, 0.717) is 0 Å². The zero-order valence-electron chi connectivity index (χ0n) is 38.4. The summed E-state index contributed by atoms with van der Waals surface area (Å²) in [6.45, 7) is 0. The topological polar surface area (TPSA) is 9.86 Å². The van der Waals surface area contributed by atoms with Crippen LogP contribution >= 0.6 is 20.1 Å². The van der Waals surface area contributed by atoms with Crippen LogP contribution < -0.4 is 0 Å². The molecular weight excluding hydrogens is 885 g/mol. The van der Waals surface area contributed by atoms with Gasteiger partial charge < -0.3 is 9.13 Å². The minimum atomic E-state index is -2.05. The number of benzene rings is 11. The number of hydrogen-bond acceptors (Lipinski definition) is 0. The molecule has 0 N–H and O–H groups in total. The lowest BCUT2D eigenvalue weighted by Gasteiger charge is -2.42. The van der Waals surface area contributed by atoms with Crippen molar-refractivity contribution in [3.63, 3.8) is 0 Å². The van der Waals surface area contributed by atoms with E-state index in [1.807, 2.05) is 0 Å². The fourth-order valence-corrected chi connectivity index (χ4v) is 19.0. The van der Waals surface area contributed by atoms with Crippen LogP contribution in [-0.4, -0.2) is 9.13 Å². The Hall–Kier alpha value is -8.28. The van der Waals surface area contributed by atoms with E-state index < -0.39 is 20.1 Å². The maximum absolute atomic E-state index is 2.53. The van der Waals surface area contributed by atoms with E-state index >= 15 is 0 Å². The monoisotopic (exact) mass is 932 g/mol. The Labute approximate surface area is 412 Å². The van der Waals surface area contributed by atoms with Crippen molar-refractivity contribution in [2.24, 2.45) is 0 Å². The first-order chi connectivity index (χ1) is 34.8. The van der Waals surface area contributed by atoms with E-state index in [-0.39, 0.29) is 0 Å². The zero-order chi connectivity index (χ0) is 46.5. The van der Waals surface area contributed by atoms with E-state index in [1.54, 1.807) is 0 Å². The summed E-state index contributed by atoms with van der Waals surface area (Å²) in [4.78, 5) is 10.4. The van der Waals surface area contributed by atoms with Crippen molar-refractivity contribution in [1.29, 1.82) is 0 Å². The molecule has 0 unspecified atom stereocenters. The predicted octanol–water partition coefficient (Wildman–Crippen LogP) is 18.6. The van der Waals surface area contributed by atoms with Crippen molar-refractivity contribution >= 4 is 63.7 Å². The lowest BCUT2D eigenvalue weighted by molar-refractivity contribution is 1.16. The summed E-state index contributed by atoms with van der Waals surface area (Å²) < 4.78 is 5.00. The van der Waals surface area contributed by atoms with Crippen LogP contribution in [-0.2, 0) is 0 Å². The van der Waals surface area contributed by atoms with Crippen LogP contribution in [0.2, 0.25) is 0 Å². The Morgan fingerprint density at radius 2 is 0.614 bits per heavy atom. The molecule has 0 spiro atoms. The molecule has 4 heteroatoms. The third kappa shape index (κ3) is 6.45. The molecule has 0 amide bonds. The number of aromatic nitrogens is 2. The summed E-state index contributed by atoms with van der Waals surface area (Å²) >= 11 is 0. The van der Waals surface area contributed by atoms with Crippen molar-refractivity contribution < 1.29 is 0 Å². The van der Waals surface area contributed by atoms with Gasteiger partial charge in [-0.05, 0) is 133 Å². The molecule has 0 fully saturated rings. The molecule has 13 rings (SSSR count). The van der Waals surface area contributed by atoms with Gasteiger partial charge in [0, 0.05) is 72.1 Å². The fraction of sp³-hybridized carbons (Fsp3) is 0. The van der Waals surface area contributed by atoms with Gasteiger partial charge in [-0.25, -0.2) is 0 Å². The Balaban J connectivity index is 1.15. The van der Waals surface area contributed by atoms with E-state index in [0.717, 1.165) is 11.4 Å². The van der Waals surface area contributed by atoms with E-state index in [2.05, 4.69) is 300 Å². The molecule has 0 saturated heterocycles. The summed E-state index contributed by atoms with van der Waals surface area (Å²) in [7, 11) is -4.00. The third-order valence-electron chi connectivity index (χ3n) is 13.9. The highest BCUT2D eigenvalue weighted by atomic mass is 32.3. The Bertz CT molecular complexity index is 3770. The van der Waals surface area contributed by atoms with Crippen molar-refractivity contribution in [1.82, 2.24) is 9.13 Å². The number of para-hydroxylation sites is 2. The van der Waals surface area contributed by atoms with Crippen molar-refractivity contribution in [3.05, 3.63) is 291 Å². The van der Waals surface area contributed by atoms with Gasteiger partial charge in [-0.3, -0.25) is 0 Å². The Morgan fingerprint density at radius 3 is 1.13 bits per heavy atom. The molecule has 11 aromatic carbocycles. The second-order valence-corrected chi connectivity index (χ2v) is 23.8. The average molecular weight is 933 g/mol. The van der Waals surface area contributed by atoms with Gasteiger partial charge in [-0.1, -0.05) is 158 Å². The van der Waals surface area contributed by atoms with Crippen LogP contribution in [0.3, 0.4) is 0 Å². The van der Waals surface area contributed by atoms with Gasteiger partial charge in [-0.15, -0.1) is 20.1 Å². The molecule has 0 radical (unpaired) electrons. The molecule has 13 aromatic rings. The van der Waals surface area contributed by atoms with Crippen LogP contribution in [0, 0.1) is 0 Å². The number of nitrogens with zero attached hydrogens (tertiary/aromatic N) is 2. The zero-order valence-corrected chi connectivity index (χ0v) is 40.1. The number of hydrogen-bond donors (Lipinski definition) is 0. The smallest absolute Gasteiger partial charge is 0.0552 e. The SMILES string of the molecule is c1ccc(-n2c3ccc(-n4c5ccccc5c5ccc(S(c6ccccc6)(c6ccccc6)c6ccccc6)cc54)cc3c3c(S(c4ccccc4)(c4ccccc4)c4ccccc4)cccc32)cc1. The van der Waals surface area contributed by atoms with Crippen LogP contribution in [0.15, 0.2) is 330 Å². The molecule has 2 aromatic heterocycles. The molecule has 0 atom stereocenters. The first-order valence-electron chi connectivity index (χ1n) is 23.9. The van der Waals surface area contributed by atoms with Gasteiger partial charge >= 0.3 is 0 Å². The third-order valence-corrected chi connectivity index (χ3v) is 21.8. The van der Waals surface area contributed by atoms with Crippen LogP contribution in [0.5, 0.6) is 0 Å². The molecule has 334 valence electrons. The molecule has 0 aliphatic carbocycles. The average Bonchev–Trinajstić information content (AvgIpc) is 3.96. The quantitative estimate of drug-likeness (QED) is 0.129. The van der Waals surface area contributed by atoms with Gasteiger partial charge in [0.1, 0.15) is 0 Å². The van der Waals surface area contributed by atoms with Gasteiger partial charge in [0.05, 0.1) is 22.1 Å². The number of rotatable bonds is 10. The summed E-state index contributed by atoms with van der Waals surface area (Å²) in [6, 6.07) is 109. The second-order valence-electron chi connectivity index (χ2n) is 17.7. The first kappa shape index (κ1) is 41.9. The van der Waals surface area contributed by atoms with Crippen LogP contribution in [0.4, 0.5) is 0 Å². The second kappa shape index (κ2) is 17.4.